The van der Waals surface area contributed by atoms with E-state index in [9.17, 15) is 21.7 Å². The Kier molecular flexibility index (Phi) is 5.64. The Balaban J connectivity index is 0.00000144. The fourth-order valence-corrected chi connectivity index (χ4v) is 1.46. The Morgan fingerprint density at radius 1 is 1.23 bits per heavy atom. The minimum absolute atomic E-state index is 0. The van der Waals surface area contributed by atoms with Gasteiger partial charge in [0.25, 0.3) is 6.43 Å². The first-order valence-electron chi connectivity index (χ1n) is 2.97. The van der Waals surface area contributed by atoms with Crippen molar-refractivity contribution in [3.8, 4) is 0 Å². The molecule has 68 valence electrons. The molecule has 13 heavy (non-hydrogen) atoms. The Bertz CT molecular complexity index is 270. The predicted molar refractivity (Wildman–Crippen MR) is 38.0 cm³/mol. The van der Waals surface area contributed by atoms with Crippen LogP contribution in [0.25, 0.3) is 0 Å². The van der Waals surface area contributed by atoms with Crippen LogP contribution in [0.2, 0.25) is 0 Å². The van der Waals surface area contributed by atoms with Crippen LogP contribution in [0, 0.1) is 0 Å². The maximum absolute atomic E-state index is 11.9. The second-order valence-electron chi connectivity index (χ2n) is 2.16. The normalized spacial score (nSPS) is 11.5. The second kappa shape index (κ2) is 5.22. The van der Waals surface area contributed by atoms with E-state index in [1.807, 2.05) is 0 Å². The van der Waals surface area contributed by atoms with E-state index >= 15 is 0 Å². The molecule has 0 radical (unpaired) electrons. The van der Waals surface area contributed by atoms with Gasteiger partial charge in [0.05, 0.1) is 0 Å². The van der Waals surface area contributed by atoms with E-state index in [1.54, 1.807) is 0 Å². The van der Waals surface area contributed by atoms with Gasteiger partial charge in [0.2, 0.25) is 0 Å². The van der Waals surface area contributed by atoms with Gasteiger partial charge in [0.1, 0.15) is 0 Å². The number of halogens is 5. The van der Waals surface area contributed by atoms with Gasteiger partial charge in [-0.1, -0.05) is 10.8 Å². The van der Waals surface area contributed by atoms with E-state index in [-0.39, 0.29) is 51.4 Å². The van der Waals surface area contributed by atoms with Crippen molar-refractivity contribution in [3.05, 3.63) is 17.0 Å². The number of hydrogen-bond acceptors (Lipinski definition) is 1. The van der Waals surface area contributed by atoms with Gasteiger partial charge in [-0.3, -0.25) is 0 Å². The summed E-state index contributed by atoms with van der Waals surface area (Å²) >= 11 is 0.308. The molecule has 0 fully saturated rings. The van der Waals surface area contributed by atoms with E-state index < -0.39 is 23.7 Å². The van der Waals surface area contributed by atoms with Gasteiger partial charge in [0.15, 0.2) is 0 Å². The van der Waals surface area contributed by atoms with Crippen LogP contribution in [0.1, 0.15) is 12.0 Å². The molecule has 1 heterocycles. The summed E-state index contributed by atoms with van der Waals surface area (Å²) in [6.07, 6.45) is -2.83. The summed E-state index contributed by atoms with van der Waals surface area (Å²) < 4.78 is 58.4. The van der Waals surface area contributed by atoms with Crippen molar-refractivity contribution in [2.75, 3.05) is 0 Å². The molecule has 0 saturated carbocycles. The first-order valence-corrected chi connectivity index (χ1v) is 3.85. The van der Waals surface area contributed by atoms with Crippen molar-refractivity contribution in [1.29, 1.82) is 0 Å². The second-order valence-corrected chi connectivity index (χ2v) is 3.10. The zero-order chi connectivity index (χ0) is 9.35. The van der Waals surface area contributed by atoms with Crippen LogP contribution in [0.3, 0.4) is 0 Å². The number of hydrogen-bond donors (Lipinski definition) is 0. The molecule has 0 unspecified atom stereocenters. The molecule has 0 atom stereocenters. The molecule has 0 aliphatic carbocycles. The van der Waals surface area contributed by atoms with Crippen molar-refractivity contribution in [3.63, 3.8) is 0 Å². The third-order valence-corrected chi connectivity index (χ3v) is 2.26. The van der Waals surface area contributed by atoms with Crippen LogP contribution in [-0.4, -0.2) is 6.98 Å². The summed E-state index contributed by atoms with van der Waals surface area (Å²) in [7, 11) is 0. The number of thiophene rings is 1. The number of alkyl halides is 2. The third kappa shape index (κ3) is 3.96. The predicted octanol–water partition coefficient (Wildman–Crippen LogP) is -0.256. The monoisotopic (exact) mass is 240 g/mol. The quantitative estimate of drug-likeness (QED) is 0.493. The minimum Gasteiger partial charge on any atom is -0.444 e. The van der Waals surface area contributed by atoms with Crippen LogP contribution in [0.5, 0.6) is 0 Å². The molecule has 0 spiro atoms. The Labute approximate surface area is 118 Å². The summed E-state index contributed by atoms with van der Waals surface area (Å²) in [5.41, 5.74) is -0.561. The van der Waals surface area contributed by atoms with E-state index in [2.05, 4.69) is 0 Å². The van der Waals surface area contributed by atoms with Crippen molar-refractivity contribution in [1.82, 2.24) is 0 Å². The fraction of sp³-hybridized carbons (Fsp3) is 0.200. The van der Waals surface area contributed by atoms with Crippen molar-refractivity contribution in [2.45, 2.75) is 6.43 Å². The van der Waals surface area contributed by atoms with Gasteiger partial charge in [-0.2, -0.15) is 11.3 Å². The average Bonchev–Trinajstić information content (AvgIpc) is 2.30. The fourth-order valence-electron chi connectivity index (χ4n) is 0.654. The van der Waals surface area contributed by atoms with Crippen molar-refractivity contribution < 1.29 is 73.1 Å². The molecular formula is C5H3BF5KS. The average molecular weight is 240 g/mol. The maximum atomic E-state index is 11.9. The van der Waals surface area contributed by atoms with Crippen LogP contribution in [0.15, 0.2) is 11.4 Å². The van der Waals surface area contributed by atoms with Gasteiger partial charge in [-0.15, -0.1) is 0 Å². The van der Waals surface area contributed by atoms with E-state index in [4.69, 9.17) is 0 Å². The summed E-state index contributed by atoms with van der Waals surface area (Å²) in [6.45, 7) is -5.13. The largest absolute Gasteiger partial charge is 1.00 e. The van der Waals surface area contributed by atoms with Gasteiger partial charge >= 0.3 is 58.4 Å². The van der Waals surface area contributed by atoms with E-state index in [0.717, 1.165) is 5.38 Å². The molecular weight excluding hydrogens is 237 g/mol. The van der Waals surface area contributed by atoms with Crippen LogP contribution < -0.4 is 56.2 Å². The van der Waals surface area contributed by atoms with Gasteiger partial charge in [-0.25, -0.2) is 8.78 Å². The SMILES string of the molecule is FC(F)c1csc([B-](F)(F)F)c1.[K+]. The van der Waals surface area contributed by atoms with Crippen molar-refractivity contribution >= 4 is 23.1 Å². The van der Waals surface area contributed by atoms with Gasteiger partial charge in [-0.05, 0) is 5.38 Å². The van der Waals surface area contributed by atoms with Crippen molar-refractivity contribution in [2.24, 2.45) is 0 Å². The first kappa shape index (κ1) is 14.1. The zero-order valence-corrected chi connectivity index (χ0v) is 10.5. The zero-order valence-electron chi connectivity index (χ0n) is 6.61. The first-order chi connectivity index (χ1) is 5.41. The molecule has 0 N–H and O–H groups in total. The van der Waals surface area contributed by atoms with E-state index in [1.165, 1.54) is 0 Å². The summed E-state index contributed by atoms with van der Waals surface area (Å²) in [4.78, 5) is 0. The summed E-state index contributed by atoms with van der Waals surface area (Å²) in [5.74, 6) is 0. The molecule has 0 aliphatic heterocycles. The molecule has 0 aliphatic rings. The molecule has 1 aromatic heterocycles. The van der Waals surface area contributed by atoms with E-state index in [0.29, 0.717) is 17.4 Å². The minimum atomic E-state index is -5.13. The van der Waals surface area contributed by atoms with Gasteiger partial charge in [0, 0.05) is 5.56 Å². The Morgan fingerprint density at radius 3 is 2.00 bits per heavy atom. The number of rotatable bonds is 2. The Morgan fingerprint density at radius 2 is 1.77 bits per heavy atom. The molecule has 8 heteroatoms. The maximum Gasteiger partial charge on any atom is 1.00 e. The molecule has 0 aromatic carbocycles. The summed E-state index contributed by atoms with van der Waals surface area (Å²) in [6, 6.07) is 0.495. The molecule has 0 bridgehead atoms. The Hall–Kier alpha value is 1.05. The standard InChI is InChI=1S/C5H3BF5S.K/c7-5(8)3-1-4(12-2-3)6(9,10)11;/h1-2,5H;/q-1;+1. The van der Waals surface area contributed by atoms with Gasteiger partial charge < -0.3 is 12.9 Å². The molecule has 0 amide bonds. The molecule has 1 rings (SSSR count). The smallest absolute Gasteiger partial charge is 0.444 e. The van der Waals surface area contributed by atoms with Crippen LogP contribution in [0.4, 0.5) is 21.7 Å². The third-order valence-electron chi connectivity index (χ3n) is 1.21. The molecule has 0 nitrogen and oxygen atoms in total. The molecule has 0 saturated heterocycles. The topological polar surface area (TPSA) is 0 Å². The van der Waals surface area contributed by atoms with Crippen LogP contribution >= 0.6 is 11.3 Å². The molecule has 1 aromatic rings. The summed E-state index contributed by atoms with van der Waals surface area (Å²) in [5, 5.41) is 0.829. The van der Waals surface area contributed by atoms with Crippen LogP contribution in [-0.2, 0) is 0 Å².